The fourth-order valence-corrected chi connectivity index (χ4v) is 4.59. The first kappa shape index (κ1) is 18.6. The lowest BCUT2D eigenvalue weighted by atomic mass is 10.2. The predicted octanol–water partition coefficient (Wildman–Crippen LogP) is 3.34. The molecule has 0 radical (unpaired) electrons. The monoisotopic (exact) mass is 391 g/mol. The minimum atomic E-state index is -3.70. The summed E-state index contributed by atoms with van der Waals surface area (Å²) in [6, 6.07) is 12.2. The SMILES string of the molecule is COc1ccc2c(c1)NC(SC)=NCCN2S(=O)(=O)c1ccc(C)cc1. The number of nitrogens with zero attached hydrogens (tertiary/aromatic N) is 2. The highest BCUT2D eigenvalue weighted by molar-refractivity contribution is 8.13. The summed E-state index contributed by atoms with van der Waals surface area (Å²) in [5.74, 6) is 0.643. The second kappa shape index (κ2) is 7.59. The third-order valence-corrected chi connectivity index (χ3v) is 6.52. The maximum Gasteiger partial charge on any atom is 0.264 e. The van der Waals surface area contributed by atoms with Gasteiger partial charge in [0.25, 0.3) is 10.0 Å². The number of anilines is 2. The summed E-state index contributed by atoms with van der Waals surface area (Å²) in [5, 5.41) is 3.96. The Bertz CT molecular complexity index is 925. The highest BCUT2D eigenvalue weighted by atomic mass is 32.2. The lowest BCUT2D eigenvalue weighted by Crippen LogP contribution is -2.35. The lowest BCUT2D eigenvalue weighted by molar-refractivity contribution is 0.415. The van der Waals surface area contributed by atoms with Crippen LogP contribution in [0.15, 0.2) is 52.4 Å². The van der Waals surface area contributed by atoms with Crippen LogP contribution >= 0.6 is 11.8 Å². The molecule has 138 valence electrons. The van der Waals surface area contributed by atoms with Crippen molar-refractivity contribution in [2.75, 3.05) is 36.1 Å². The van der Waals surface area contributed by atoms with E-state index in [9.17, 15) is 8.42 Å². The number of thioether (sulfide) groups is 1. The summed E-state index contributed by atoms with van der Waals surface area (Å²) in [7, 11) is -2.12. The smallest absolute Gasteiger partial charge is 0.264 e. The van der Waals surface area contributed by atoms with Gasteiger partial charge in [-0.1, -0.05) is 29.5 Å². The zero-order chi connectivity index (χ0) is 18.7. The predicted molar refractivity (Wildman–Crippen MR) is 108 cm³/mol. The van der Waals surface area contributed by atoms with Crippen molar-refractivity contribution in [3.8, 4) is 5.75 Å². The molecule has 26 heavy (non-hydrogen) atoms. The second-order valence-electron chi connectivity index (χ2n) is 5.79. The molecular weight excluding hydrogens is 370 g/mol. The number of sulfonamides is 1. The molecule has 2 aromatic rings. The van der Waals surface area contributed by atoms with E-state index in [1.807, 2.05) is 13.2 Å². The summed E-state index contributed by atoms with van der Waals surface area (Å²) in [6.45, 7) is 2.57. The number of methoxy groups -OCH3 is 1. The Morgan fingerprint density at radius 2 is 1.92 bits per heavy atom. The first-order chi connectivity index (χ1) is 12.5. The van der Waals surface area contributed by atoms with Gasteiger partial charge in [-0.2, -0.15) is 0 Å². The van der Waals surface area contributed by atoms with E-state index < -0.39 is 10.0 Å². The summed E-state index contributed by atoms with van der Waals surface area (Å²) in [4.78, 5) is 4.71. The molecule has 0 atom stereocenters. The molecule has 0 amide bonds. The number of benzene rings is 2. The molecule has 1 N–H and O–H groups in total. The molecule has 0 saturated carbocycles. The molecule has 0 unspecified atom stereocenters. The van der Waals surface area contributed by atoms with E-state index in [1.165, 1.54) is 16.1 Å². The molecule has 1 heterocycles. The Balaban J connectivity index is 2.10. The van der Waals surface area contributed by atoms with E-state index in [2.05, 4.69) is 10.3 Å². The first-order valence-corrected chi connectivity index (χ1v) is 10.7. The van der Waals surface area contributed by atoms with Gasteiger partial charge >= 0.3 is 0 Å². The Hall–Kier alpha value is -2.19. The molecule has 1 aliphatic heterocycles. The van der Waals surface area contributed by atoms with Crippen molar-refractivity contribution in [3.63, 3.8) is 0 Å². The molecule has 0 spiro atoms. The normalized spacial score (nSPS) is 14.6. The summed E-state index contributed by atoms with van der Waals surface area (Å²) >= 11 is 1.48. The highest BCUT2D eigenvalue weighted by Gasteiger charge is 2.28. The number of rotatable bonds is 3. The summed E-state index contributed by atoms with van der Waals surface area (Å²) < 4.78 is 33.2. The average Bonchev–Trinajstić information content (AvgIpc) is 2.62. The molecule has 1 aliphatic rings. The molecule has 6 nitrogen and oxygen atoms in total. The Morgan fingerprint density at radius 1 is 1.19 bits per heavy atom. The summed E-state index contributed by atoms with van der Waals surface area (Å²) in [5.41, 5.74) is 2.23. The van der Waals surface area contributed by atoms with E-state index in [4.69, 9.17) is 4.74 Å². The van der Waals surface area contributed by atoms with Crippen LogP contribution in [0.1, 0.15) is 5.56 Å². The Morgan fingerprint density at radius 3 is 2.58 bits per heavy atom. The molecule has 2 aromatic carbocycles. The minimum absolute atomic E-state index is 0.263. The maximum atomic E-state index is 13.2. The van der Waals surface area contributed by atoms with Gasteiger partial charge in [-0.05, 0) is 37.4 Å². The summed E-state index contributed by atoms with van der Waals surface area (Å²) in [6.07, 6.45) is 1.92. The van der Waals surface area contributed by atoms with E-state index in [0.29, 0.717) is 23.7 Å². The van der Waals surface area contributed by atoms with E-state index in [-0.39, 0.29) is 11.4 Å². The molecular formula is C18H21N3O3S2. The molecule has 0 aliphatic carbocycles. The van der Waals surface area contributed by atoms with Crippen molar-refractivity contribution >= 4 is 38.3 Å². The zero-order valence-electron chi connectivity index (χ0n) is 14.9. The number of aliphatic imine (C=N–C) groups is 1. The van der Waals surface area contributed by atoms with Crippen molar-refractivity contribution in [2.45, 2.75) is 11.8 Å². The van der Waals surface area contributed by atoms with Crippen LogP contribution in [0.4, 0.5) is 11.4 Å². The molecule has 0 aromatic heterocycles. The van der Waals surface area contributed by atoms with Crippen LogP contribution in [0.3, 0.4) is 0 Å². The van der Waals surface area contributed by atoms with Gasteiger partial charge in [-0.3, -0.25) is 9.30 Å². The molecule has 3 rings (SSSR count). The van der Waals surface area contributed by atoms with Gasteiger partial charge < -0.3 is 10.1 Å². The second-order valence-corrected chi connectivity index (χ2v) is 8.45. The van der Waals surface area contributed by atoms with Gasteiger partial charge in [-0.25, -0.2) is 8.42 Å². The van der Waals surface area contributed by atoms with Gasteiger partial charge in [0.05, 0.1) is 36.5 Å². The number of fused-ring (bicyclic) bond motifs is 1. The van der Waals surface area contributed by atoms with Crippen LogP contribution < -0.4 is 14.4 Å². The molecule has 0 saturated heterocycles. The minimum Gasteiger partial charge on any atom is -0.497 e. The largest absolute Gasteiger partial charge is 0.497 e. The fraction of sp³-hybridized carbons (Fsp3) is 0.278. The standard InChI is InChI=1S/C18H21N3O3S2/c1-13-4-7-15(8-5-13)26(22,23)21-11-10-19-18(25-3)20-16-12-14(24-2)6-9-17(16)21/h4-9,12H,10-11H2,1-3H3,(H,19,20). The van der Waals surface area contributed by atoms with E-state index in [0.717, 1.165) is 10.7 Å². The van der Waals surface area contributed by atoms with E-state index in [1.54, 1.807) is 49.6 Å². The van der Waals surface area contributed by atoms with Crippen LogP contribution in [-0.2, 0) is 10.0 Å². The van der Waals surface area contributed by atoms with Gasteiger partial charge in [0.15, 0.2) is 5.17 Å². The highest BCUT2D eigenvalue weighted by Crippen LogP contribution is 2.35. The third-order valence-electron chi connectivity index (χ3n) is 4.07. The topological polar surface area (TPSA) is 71.0 Å². The molecule has 8 heteroatoms. The molecule has 0 fully saturated rings. The van der Waals surface area contributed by atoms with Crippen molar-refractivity contribution in [1.29, 1.82) is 0 Å². The van der Waals surface area contributed by atoms with Crippen LogP contribution in [0.5, 0.6) is 5.75 Å². The quantitative estimate of drug-likeness (QED) is 0.869. The van der Waals surface area contributed by atoms with Crippen molar-refractivity contribution in [2.24, 2.45) is 4.99 Å². The molecule has 0 bridgehead atoms. The number of hydrogen-bond acceptors (Lipinski definition) is 6. The Kier molecular flexibility index (Phi) is 5.43. The number of amidine groups is 1. The van der Waals surface area contributed by atoms with Gasteiger partial charge in [-0.15, -0.1) is 0 Å². The lowest BCUT2D eigenvalue weighted by Gasteiger charge is -2.28. The Labute approximate surface area is 158 Å². The average molecular weight is 392 g/mol. The van der Waals surface area contributed by atoms with Crippen molar-refractivity contribution in [1.82, 2.24) is 0 Å². The van der Waals surface area contributed by atoms with Crippen LogP contribution in [0, 0.1) is 6.92 Å². The van der Waals surface area contributed by atoms with Crippen molar-refractivity contribution in [3.05, 3.63) is 48.0 Å². The van der Waals surface area contributed by atoms with Crippen molar-refractivity contribution < 1.29 is 13.2 Å². The number of ether oxygens (including phenoxy) is 1. The van der Waals surface area contributed by atoms with Crippen LogP contribution in [-0.4, -0.2) is 40.0 Å². The van der Waals surface area contributed by atoms with E-state index >= 15 is 0 Å². The number of aryl methyl sites for hydroxylation is 1. The first-order valence-electron chi connectivity index (χ1n) is 8.08. The number of hydrogen-bond donors (Lipinski definition) is 1. The van der Waals surface area contributed by atoms with Crippen LogP contribution in [0.25, 0.3) is 0 Å². The van der Waals surface area contributed by atoms with Gasteiger partial charge in [0, 0.05) is 6.07 Å². The maximum absolute atomic E-state index is 13.2. The van der Waals surface area contributed by atoms with Crippen LogP contribution in [0.2, 0.25) is 0 Å². The zero-order valence-corrected chi connectivity index (χ0v) is 16.5. The van der Waals surface area contributed by atoms with Gasteiger partial charge in [0.2, 0.25) is 0 Å². The van der Waals surface area contributed by atoms with Gasteiger partial charge in [0.1, 0.15) is 5.75 Å². The number of nitrogens with one attached hydrogen (secondary N) is 1. The fourth-order valence-electron chi connectivity index (χ4n) is 2.68. The third kappa shape index (κ3) is 3.66.